The highest BCUT2D eigenvalue weighted by atomic mass is 16.4. The molecule has 0 saturated heterocycles. The molecule has 0 aromatic carbocycles. The highest BCUT2D eigenvalue weighted by molar-refractivity contribution is 5.76. The maximum absolute atomic E-state index is 10.6. The first-order chi connectivity index (χ1) is 5.93. The molecule has 0 bridgehead atoms. The van der Waals surface area contributed by atoms with E-state index in [1.54, 1.807) is 13.8 Å². The van der Waals surface area contributed by atoms with E-state index in [-0.39, 0.29) is 6.42 Å². The summed E-state index contributed by atoms with van der Waals surface area (Å²) in [5.74, 6) is -1.13. The van der Waals surface area contributed by atoms with E-state index < -0.39 is 17.4 Å². The van der Waals surface area contributed by atoms with Crippen molar-refractivity contribution in [1.82, 2.24) is 5.32 Å². The van der Waals surface area contributed by atoms with Crippen molar-refractivity contribution in [1.29, 1.82) is 5.26 Å². The molecule has 0 saturated carbocycles. The Kier molecular flexibility index (Phi) is 3.92. The molecular weight excluding hydrogens is 172 g/mol. The fourth-order valence-electron chi connectivity index (χ4n) is 0.856. The Hall–Kier alpha value is -1.57. The van der Waals surface area contributed by atoms with Crippen LogP contribution in [0.4, 0.5) is 0 Å². The molecule has 0 aliphatic rings. The van der Waals surface area contributed by atoms with Gasteiger partial charge in [-0.1, -0.05) is 0 Å². The molecule has 1 amide bonds. The number of amides is 1. The molecule has 0 spiro atoms. The van der Waals surface area contributed by atoms with Crippen LogP contribution in [-0.2, 0) is 9.59 Å². The van der Waals surface area contributed by atoms with Crippen LogP contribution in [0.1, 0.15) is 20.3 Å². The number of nitrogens with zero attached hydrogens (tertiary/aromatic N) is 1. The second-order valence-corrected chi connectivity index (χ2v) is 3.38. The largest absolute Gasteiger partial charge is 0.480 e. The van der Waals surface area contributed by atoms with Crippen LogP contribution < -0.4 is 5.32 Å². The summed E-state index contributed by atoms with van der Waals surface area (Å²) in [6, 6.07) is 0.972. The van der Waals surface area contributed by atoms with E-state index in [9.17, 15) is 9.59 Å². The summed E-state index contributed by atoms with van der Waals surface area (Å²) in [6.07, 6.45) is 0.420. The van der Waals surface area contributed by atoms with Crippen molar-refractivity contribution in [3.8, 4) is 6.07 Å². The lowest BCUT2D eigenvalue weighted by Crippen LogP contribution is -2.39. The molecule has 0 fully saturated rings. The zero-order valence-corrected chi connectivity index (χ0v) is 7.57. The SMILES string of the molecule is CC(C)(C#N)CC(NC=O)C(=O)O. The van der Waals surface area contributed by atoms with Gasteiger partial charge < -0.3 is 10.4 Å². The summed E-state index contributed by atoms with van der Waals surface area (Å²) in [5, 5.41) is 19.4. The number of hydrogen-bond acceptors (Lipinski definition) is 3. The zero-order chi connectivity index (χ0) is 10.5. The monoisotopic (exact) mass is 184 g/mol. The number of hydrogen-bond donors (Lipinski definition) is 2. The van der Waals surface area contributed by atoms with Gasteiger partial charge in [-0.05, 0) is 20.3 Å². The predicted molar refractivity (Wildman–Crippen MR) is 44.6 cm³/mol. The minimum atomic E-state index is -1.13. The highest BCUT2D eigenvalue weighted by Gasteiger charge is 2.27. The Morgan fingerprint density at radius 1 is 1.77 bits per heavy atom. The van der Waals surface area contributed by atoms with Crippen molar-refractivity contribution in [3.05, 3.63) is 0 Å². The van der Waals surface area contributed by atoms with Gasteiger partial charge in [-0.25, -0.2) is 4.79 Å². The third-order valence-corrected chi connectivity index (χ3v) is 1.58. The van der Waals surface area contributed by atoms with E-state index in [0.29, 0.717) is 6.41 Å². The first-order valence-corrected chi connectivity index (χ1v) is 3.76. The van der Waals surface area contributed by atoms with Crippen molar-refractivity contribution in [3.63, 3.8) is 0 Å². The Morgan fingerprint density at radius 3 is 2.62 bits per heavy atom. The molecule has 0 rings (SSSR count). The van der Waals surface area contributed by atoms with E-state index in [2.05, 4.69) is 5.32 Å². The smallest absolute Gasteiger partial charge is 0.326 e. The second-order valence-electron chi connectivity index (χ2n) is 3.38. The van der Waals surface area contributed by atoms with E-state index >= 15 is 0 Å². The lowest BCUT2D eigenvalue weighted by Gasteiger charge is -2.19. The average molecular weight is 184 g/mol. The Labute approximate surface area is 76.4 Å². The molecule has 13 heavy (non-hydrogen) atoms. The third-order valence-electron chi connectivity index (χ3n) is 1.58. The number of aliphatic carboxylic acids is 1. The fraction of sp³-hybridized carbons (Fsp3) is 0.625. The quantitative estimate of drug-likeness (QED) is 0.594. The molecule has 1 atom stereocenters. The van der Waals surface area contributed by atoms with E-state index in [4.69, 9.17) is 10.4 Å². The number of nitriles is 1. The van der Waals surface area contributed by atoms with E-state index in [1.165, 1.54) is 0 Å². The molecule has 2 N–H and O–H groups in total. The van der Waals surface area contributed by atoms with Gasteiger partial charge >= 0.3 is 5.97 Å². The summed E-state index contributed by atoms with van der Waals surface area (Å²) >= 11 is 0. The highest BCUT2D eigenvalue weighted by Crippen LogP contribution is 2.20. The van der Waals surface area contributed by atoms with Gasteiger partial charge in [0.1, 0.15) is 6.04 Å². The average Bonchev–Trinajstić information content (AvgIpc) is 2.03. The van der Waals surface area contributed by atoms with Gasteiger partial charge in [-0.15, -0.1) is 0 Å². The summed E-state index contributed by atoms with van der Waals surface area (Å²) in [5.41, 5.74) is -0.751. The van der Waals surface area contributed by atoms with Crippen LogP contribution in [-0.4, -0.2) is 23.5 Å². The van der Waals surface area contributed by atoms with Gasteiger partial charge in [-0.2, -0.15) is 5.26 Å². The van der Waals surface area contributed by atoms with Crippen LogP contribution in [0.15, 0.2) is 0 Å². The van der Waals surface area contributed by atoms with Gasteiger partial charge in [-0.3, -0.25) is 4.79 Å². The standard InChI is InChI=1S/C8H12N2O3/c1-8(2,4-9)3-6(7(12)13)10-5-11/h5-6H,3H2,1-2H3,(H,10,11)(H,12,13). The summed E-state index contributed by atoms with van der Waals surface area (Å²) in [4.78, 5) is 20.6. The molecule has 0 heterocycles. The number of carbonyl (C=O) groups excluding carboxylic acids is 1. The number of carboxylic acid groups (broad SMARTS) is 1. The first-order valence-electron chi connectivity index (χ1n) is 3.76. The number of carbonyl (C=O) groups is 2. The molecule has 0 aliphatic heterocycles. The molecule has 0 aromatic heterocycles. The van der Waals surface area contributed by atoms with Gasteiger partial charge in [0.2, 0.25) is 6.41 Å². The number of rotatable bonds is 5. The summed E-state index contributed by atoms with van der Waals surface area (Å²) in [6.45, 7) is 3.24. The van der Waals surface area contributed by atoms with E-state index in [1.807, 2.05) is 6.07 Å². The normalized spacial score (nSPS) is 12.7. The molecule has 0 aliphatic carbocycles. The number of carboxylic acids is 1. The maximum Gasteiger partial charge on any atom is 0.326 e. The van der Waals surface area contributed by atoms with Crippen LogP contribution in [0.5, 0.6) is 0 Å². The van der Waals surface area contributed by atoms with Crippen molar-refractivity contribution in [2.75, 3.05) is 0 Å². The minimum absolute atomic E-state index is 0.0948. The summed E-state index contributed by atoms with van der Waals surface area (Å²) in [7, 11) is 0. The minimum Gasteiger partial charge on any atom is -0.480 e. The van der Waals surface area contributed by atoms with Crippen LogP contribution in [0.3, 0.4) is 0 Å². The van der Waals surface area contributed by atoms with Crippen molar-refractivity contribution < 1.29 is 14.7 Å². The fourth-order valence-corrected chi connectivity index (χ4v) is 0.856. The lowest BCUT2D eigenvalue weighted by atomic mass is 9.87. The van der Waals surface area contributed by atoms with Crippen LogP contribution in [0.2, 0.25) is 0 Å². The lowest BCUT2D eigenvalue weighted by molar-refractivity contribution is -0.141. The topological polar surface area (TPSA) is 90.2 Å². The zero-order valence-electron chi connectivity index (χ0n) is 7.57. The Balaban J connectivity index is 4.35. The van der Waals surface area contributed by atoms with Crippen LogP contribution in [0, 0.1) is 16.7 Å². The van der Waals surface area contributed by atoms with Crippen molar-refractivity contribution in [2.24, 2.45) is 5.41 Å². The van der Waals surface area contributed by atoms with Gasteiger partial charge in [0.05, 0.1) is 11.5 Å². The van der Waals surface area contributed by atoms with Gasteiger partial charge in [0, 0.05) is 0 Å². The molecule has 0 radical (unpaired) electrons. The van der Waals surface area contributed by atoms with Crippen molar-refractivity contribution in [2.45, 2.75) is 26.3 Å². The summed E-state index contributed by atoms with van der Waals surface area (Å²) < 4.78 is 0. The molecule has 5 nitrogen and oxygen atoms in total. The maximum atomic E-state index is 10.6. The predicted octanol–water partition coefficient (Wildman–Crippen LogP) is 0.125. The van der Waals surface area contributed by atoms with Gasteiger partial charge in [0.25, 0.3) is 0 Å². The Bertz CT molecular complexity index is 242. The Morgan fingerprint density at radius 2 is 2.31 bits per heavy atom. The first kappa shape index (κ1) is 11.4. The molecule has 0 aromatic rings. The molecule has 72 valence electrons. The second kappa shape index (κ2) is 4.45. The third kappa shape index (κ3) is 4.11. The molecule has 1 unspecified atom stereocenters. The van der Waals surface area contributed by atoms with Crippen LogP contribution in [0.25, 0.3) is 0 Å². The van der Waals surface area contributed by atoms with Gasteiger partial charge in [0.15, 0.2) is 0 Å². The van der Waals surface area contributed by atoms with Crippen LogP contribution >= 0.6 is 0 Å². The van der Waals surface area contributed by atoms with Crippen molar-refractivity contribution >= 4 is 12.4 Å². The molecule has 5 heteroatoms. The molecular formula is C8H12N2O3. The number of nitrogens with one attached hydrogen (secondary N) is 1. The van der Waals surface area contributed by atoms with E-state index in [0.717, 1.165) is 0 Å².